The van der Waals surface area contributed by atoms with Crippen molar-refractivity contribution in [2.24, 2.45) is 46.3 Å². The minimum Gasteiger partial charge on any atom is -0.393 e. The van der Waals surface area contributed by atoms with Crippen LogP contribution in [0.3, 0.4) is 0 Å². The molecule has 10 atom stereocenters. The largest absolute Gasteiger partial charge is 0.393 e. The van der Waals surface area contributed by atoms with Crippen LogP contribution in [0.15, 0.2) is 11.6 Å². The molecule has 4 aliphatic carbocycles. The topological polar surface area (TPSA) is 60.7 Å². The molecule has 3 nitrogen and oxygen atoms in total. The molecule has 0 aromatic heterocycles. The molecule has 3 N–H and O–H groups in total. The minimum absolute atomic E-state index is 0.112. The van der Waals surface area contributed by atoms with Crippen molar-refractivity contribution in [3.63, 3.8) is 0 Å². The SMILES string of the molecule is CC(CC(O)C(C)C(C)(C)O)C1CCC2C3CC=C4CC(O)CCC4(C)C3CCC12C. The summed E-state index contributed by atoms with van der Waals surface area (Å²) in [6, 6.07) is 0. The van der Waals surface area contributed by atoms with Crippen LogP contribution in [-0.4, -0.2) is 33.1 Å². The normalized spacial score (nSPS) is 45.7. The second kappa shape index (κ2) is 8.13. The van der Waals surface area contributed by atoms with E-state index in [-0.39, 0.29) is 12.0 Å². The Morgan fingerprint density at radius 2 is 1.77 bits per heavy atom. The van der Waals surface area contributed by atoms with Crippen LogP contribution in [0.25, 0.3) is 0 Å². The van der Waals surface area contributed by atoms with E-state index in [0.29, 0.717) is 22.7 Å². The average molecular weight is 433 g/mol. The Bertz CT molecular complexity index is 693. The van der Waals surface area contributed by atoms with Crippen LogP contribution in [0.1, 0.15) is 99.3 Å². The van der Waals surface area contributed by atoms with Crippen molar-refractivity contribution >= 4 is 0 Å². The zero-order valence-corrected chi connectivity index (χ0v) is 20.9. The lowest BCUT2D eigenvalue weighted by Crippen LogP contribution is -2.51. The van der Waals surface area contributed by atoms with Gasteiger partial charge >= 0.3 is 0 Å². The highest BCUT2D eigenvalue weighted by molar-refractivity contribution is 5.25. The van der Waals surface area contributed by atoms with Crippen LogP contribution in [0.4, 0.5) is 0 Å². The highest BCUT2D eigenvalue weighted by atomic mass is 16.3. The third-order valence-electron chi connectivity index (χ3n) is 11.1. The molecule has 0 aliphatic heterocycles. The van der Waals surface area contributed by atoms with Crippen molar-refractivity contribution in [3.05, 3.63) is 11.6 Å². The lowest BCUT2D eigenvalue weighted by Gasteiger charge is -2.58. The quantitative estimate of drug-likeness (QED) is 0.487. The Hall–Kier alpha value is -0.380. The van der Waals surface area contributed by atoms with Gasteiger partial charge in [0.1, 0.15) is 0 Å². The first kappa shape index (κ1) is 23.8. The van der Waals surface area contributed by atoms with E-state index in [9.17, 15) is 15.3 Å². The van der Waals surface area contributed by atoms with E-state index in [1.807, 2.05) is 20.8 Å². The van der Waals surface area contributed by atoms with Crippen LogP contribution in [0.2, 0.25) is 0 Å². The Labute approximate surface area is 190 Å². The molecule has 3 saturated carbocycles. The third-order valence-corrected chi connectivity index (χ3v) is 11.1. The van der Waals surface area contributed by atoms with Crippen molar-refractivity contribution in [1.29, 1.82) is 0 Å². The first-order valence-electron chi connectivity index (χ1n) is 13.2. The number of hydrogen-bond donors (Lipinski definition) is 3. The molecule has 4 rings (SSSR count). The van der Waals surface area contributed by atoms with E-state index >= 15 is 0 Å². The second-order valence-corrected chi connectivity index (χ2v) is 13.1. The zero-order chi connectivity index (χ0) is 22.8. The van der Waals surface area contributed by atoms with E-state index in [1.165, 1.54) is 32.1 Å². The van der Waals surface area contributed by atoms with Crippen LogP contribution in [-0.2, 0) is 0 Å². The predicted molar refractivity (Wildman–Crippen MR) is 126 cm³/mol. The fourth-order valence-corrected chi connectivity index (χ4v) is 8.84. The number of allylic oxidation sites excluding steroid dienone is 1. The number of hydrogen-bond acceptors (Lipinski definition) is 3. The molecule has 0 amide bonds. The lowest BCUT2D eigenvalue weighted by molar-refractivity contribution is -0.0697. The summed E-state index contributed by atoms with van der Waals surface area (Å²) < 4.78 is 0. The van der Waals surface area contributed by atoms with Gasteiger partial charge in [-0.3, -0.25) is 0 Å². The van der Waals surface area contributed by atoms with E-state index in [2.05, 4.69) is 26.8 Å². The monoisotopic (exact) mass is 432 g/mol. The first-order valence-corrected chi connectivity index (χ1v) is 13.2. The molecule has 31 heavy (non-hydrogen) atoms. The predicted octanol–water partition coefficient (Wildman–Crippen LogP) is 5.72. The summed E-state index contributed by atoms with van der Waals surface area (Å²) >= 11 is 0. The van der Waals surface area contributed by atoms with Crippen LogP contribution < -0.4 is 0 Å². The van der Waals surface area contributed by atoms with E-state index < -0.39 is 11.7 Å². The van der Waals surface area contributed by atoms with E-state index in [1.54, 1.807) is 5.57 Å². The Morgan fingerprint density at radius 1 is 1.06 bits per heavy atom. The molecule has 10 unspecified atom stereocenters. The second-order valence-electron chi connectivity index (χ2n) is 13.1. The molecule has 0 aromatic carbocycles. The van der Waals surface area contributed by atoms with Gasteiger partial charge in [-0.1, -0.05) is 39.3 Å². The maximum Gasteiger partial charge on any atom is 0.0641 e. The Balaban J connectivity index is 1.49. The van der Waals surface area contributed by atoms with Crippen molar-refractivity contribution < 1.29 is 15.3 Å². The summed E-state index contributed by atoms with van der Waals surface area (Å²) in [7, 11) is 0. The Kier molecular flexibility index (Phi) is 6.24. The molecule has 0 radical (unpaired) electrons. The molecule has 0 bridgehead atoms. The number of rotatable bonds is 5. The number of aliphatic hydroxyl groups is 3. The number of aliphatic hydroxyl groups excluding tert-OH is 2. The fraction of sp³-hybridized carbons (Fsp3) is 0.929. The summed E-state index contributed by atoms with van der Waals surface area (Å²) in [6.07, 6.45) is 12.3. The summed E-state index contributed by atoms with van der Waals surface area (Å²) in [5.41, 5.74) is 1.41. The molecule has 178 valence electrons. The van der Waals surface area contributed by atoms with Crippen molar-refractivity contribution in [1.82, 2.24) is 0 Å². The fourth-order valence-electron chi connectivity index (χ4n) is 8.84. The van der Waals surface area contributed by atoms with Gasteiger partial charge in [0, 0.05) is 5.92 Å². The summed E-state index contributed by atoms with van der Waals surface area (Å²) in [4.78, 5) is 0. The van der Waals surface area contributed by atoms with Gasteiger partial charge in [0.25, 0.3) is 0 Å². The van der Waals surface area contributed by atoms with Gasteiger partial charge in [-0.2, -0.15) is 0 Å². The summed E-state index contributed by atoms with van der Waals surface area (Å²) in [5.74, 6) is 3.42. The third kappa shape index (κ3) is 3.95. The summed E-state index contributed by atoms with van der Waals surface area (Å²) in [5, 5.41) is 31.4. The van der Waals surface area contributed by atoms with Crippen LogP contribution in [0.5, 0.6) is 0 Å². The average Bonchev–Trinajstić information content (AvgIpc) is 3.04. The minimum atomic E-state index is -0.839. The van der Waals surface area contributed by atoms with Gasteiger partial charge in [0.2, 0.25) is 0 Å². The van der Waals surface area contributed by atoms with Gasteiger partial charge in [-0.05, 0) is 112 Å². The van der Waals surface area contributed by atoms with Crippen molar-refractivity contribution in [2.75, 3.05) is 0 Å². The van der Waals surface area contributed by atoms with Gasteiger partial charge in [-0.15, -0.1) is 0 Å². The molecule has 0 aromatic rings. The van der Waals surface area contributed by atoms with Gasteiger partial charge in [0.15, 0.2) is 0 Å². The Morgan fingerprint density at radius 3 is 2.45 bits per heavy atom. The molecular formula is C28H48O3. The van der Waals surface area contributed by atoms with Gasteiger partial charge in [0.05, 0.1) is 17.8 Å². The first-order chi connectivity index (χ1) is 14.4. The molecule has 0 saturated heterocycles. The van der Waals surface area contributed by atoms with E-state index in [0.717, 1.165) is 43.4 Å². The smallest absolute Gasteiger partial charge is 0.0641 e. The maximum absolute atomic E-state index is 10.8. The van der Waals surface area contributed by atoms with Crippen molar-refractivity contribution in [2.45, 2.75) is 117 Å². The van der Waals surface area contributed by atoms with Crippen LogP contribution in [0, 0.1) is 46.3 Å². The highest BCUT2D eigenvalue weighted by Gasteiger charge is 2.59. The molecular weight excluding hydrogens is 384 g/mol. The van der Waals surface area contributed by atoms with Gasteiger partial charge < -0.3 is 15.3 Å². The molecule has 3 heteroatoms. The molecule has 0 spiro atoms. The molecule has 4 aliphatic rings. The van der Waals surface area contributed by atoms with Crippen molar-refractivity contribution in [3.8, 4) is 0 Å². The van der Waals surface area contributed by atoms with E-state index in [4.69, 9.17) is 0 Å². The standard InChI is InChI=1S/C28H48O3/c1-17(15-25(30)18(2)26(3,4)31)22-9-10-23-21-8-7-19-16-20(29)11-13-27(19,5)24(21)12-14-28(22,23)6/h7,17-18,20-25,29-31H,8-16H2,1-6H3. The lowest BCUT2D eigenvalue weighted by atomic mass is 9.47. The maximum atomic E-state index is 10.8. The molecule has 3 fully saturated rings. The highest BCUT2D eigenvalue weighted by Crippen LogP contribution is 2.67. The van der Waals surface area contributed by atoms with Gasteiger partial charge in [-0.25, -0.2) is 0 Å². The molecule has 0 heterocycles. The number of fused-ring (bicyclic) bond motifs is 5. The summed E-state index contributed by atoms with van der Waals surface area (Å²) in [6.45, 7) is 13.0. The van der Waals surface area contributed by atoms with Crippen LogP contribution >= 0.6 is 0 Å². The zero-order valence-electron chi connectivity index (χ0n) is 20.9.